The number of hydrogen-bond donors (Lipinski definition) is 1. The molecule has 1 unspecified atom stereocenters. The quantitative estimate of drug-likeness (QED) is 0.927. The average Bonchev–Trinajstić information content (AvgIpc) is 2.97. The first-order valence-electron chi connectivity index (χ1n) is 7.33. The van der Waals surface area contributed by atoms with Crippen molar-refractivity contribution in [1.82, 2.24) is 14.5 Å². The molecule has 4 nitrogen and oxygen atoms in total. The number of piperidine rings is 1. The van der Waals surface area contributed by atoms with E-state index in [1.165, 1.54) is 24.9 Å². The zero-order valence-corrected chi connectivity index (χ0v) is 12.0. The summed E-state index contributed by atoms with van der Waals surface area (Å²) in [6, 6.07) is 11.3. The maximum absolute atomic E-state index is 4.35. The monoisotopic (exact) mass is 270 g/mol. The van der Waals surface area contributed by atoms with Crippen LogP contribution in [0.5, 0.6) is 0 Å². The summed E-state index contributed by atoms with van der Waals surface area (Å²) in [6.07, 6.45) is 6.44. The van der Waals surface area contributed by atoms with Gasteiger partial charge in [-0.1, -0.05) is 30.3 Å². The summed E-state index contributed by atoms with van der Waals surface area (Å²) in [7, 11) is 1.93. The van der Waals surface area contributed by atoms with Crippen molar-refractivity contribution in [3.05, 3.63) is 48.3 Å². The molecule has 1 aromatic carbocycles. The molecule has 1 saturated heterocycles. The largest absolute Gasteiger partial charge is 0.359 e. The lowest BCUT2D eigenvalue weighted by Crippen LogP contribution is -2.36. The number of likely N-dealkylation sites (tertiary alicyclic amines) is 1. The summed E-state index contributed by atoms with van der Waals surface area (Å²) >= 11 is 0. The van der Waals surface area contributed by atoms with Gasteiger partial charge in [0.1, 0.15) is 0 Å². The van der Waals surface area contributed by atoms with Crippen molar-refractivity contribution in [2.24, 2.45) is 0 Å². The molecule has 0 saturated carbocycles. The fraction of sp³-hybridized carbons (Fsp3) is 0.438. The first kappa shape index (κ1) is 13.2. The van der Waals surface area contributed by atoms with Crippen LogP contribution in [0.2, 0.25) is 0 Å². The van der Waals surface area contributed by atoms with Gasteiger partial charge in [0.25, 0.3) is 0 Å². The average molecular weight is 270 g/mol. The Morgan fingerprint density at radius 3 is 2.95 bits per heavy atom. The van der Waals surface area contributed by atoms with Crippen LogP contribution in [0.25, 0.3) is 0 Å². The van der Waals surface area contributed by atoms with Crippen LogP contribution in [0.4, 0.5) is 5.95 Å². The Morgan fingerprint density at radius 2 is 2.15 bits per heavy atom. The lowest BCUT2D eigenvalue weighted by molar-refractivity contribution is 0.171. The SMILES string of the molecule is CNc1nccn1C1CCCN(Cc2ccccc2)C1. The van der Waals surface area contributed by atoms with E-state index in [1.54, 1.807) is 0 Å². The molecule has 1 N–H and O–H groups in total. The zero-order chi connectivity index (χ0) is 13.8. The molecule has 1 aromatic heterocycles. The van der Waals surface area contributed by atoms with E-state index in [1.807, 2.05) is 13.2 Å². The molecule has 3 rings (SSSR count). The van der Waals surface area contributed by atoms with Crippen molar-refractivity contribution in [2.45, 2.75) is 25.4 Å². The van der Waals surface area contributed by atoms with Crippen molar-refractivity contribution in [1.29, 1.82) is 0 Å². The Balaban J connectivity index is 1.68. The molecule has 0 spiro atoms. The van der Waals surface area contributed by atoms with E-state index < -0.39 is 0 Å². The highest BCUT2D eigenvalue weighted by molar-refractivity contribution is 5.25. The van der Waals surface area contributed by atoms with Gasteiger partial charge < -0.3 is 9.88 Å². The van der Waals surface area contributed by atoms with Crippen molar-refractivity contribution in [2.75, 3.05) is 25.5 Å². The summed E-state index contributed by atoms with van der Waals surface area (Å²) in [6.45, 7) is 3.33. The molecule has 1 aliphatic rings. The van der Waals surface area contributed by atoms with Crippen LogP contribution in [0.1, 0.15) is 24.4 Å². The van der Waals surface area contributed by atoms with Crippen molar-refractivity contribution in [3.63, 3.8) is 0 Å². The van der Waals surface area contributed by atoms with E-state index in [0.717, 1.165) is 19.0 Å². The molecule has 0 aliphatic carbocycles. The van der Waals surface area contributed by atoms with E-state index in [2.05, 4.69) is 56.3 Å². The van der Waals surface area contributed by atoms with Gasteiger partial charge in [-0.05, 0) is 24.9 Å². The lowest BCUT2D eigenvalue weighted by Gasteiger charge is -2.34. The number of anilines is 1. The van der Waals surface area contributed by atoms with Gasteiger partial charge in [-0.25, -0.2) is 4.98 Å². The normalized spacial score (nSPS) is 19.9. The van der Waals surface area contributed by atoms with Crippen molar-refractivity contribution < 1.29 is 0 Å². The minimum absolute atomic E-state index is 0.525. The van der Waals surface area contributed by atoms with E-state index in [-0.39, 0.29) is 0 Å². The van der Waals surface area contributed by atoms with Gasteiger partial charge >= 0.3 is 0 Å². The van der Waals surface area contributed by atoms with Gasteiger partial charge in [-0.3, -0.25) is 4.90 Å². The molecular weight excluding hydrogens is 248 g/mol. The van der Waals surface area contributed by atoms with E-state index in [0.29, 0.717) is 6.04 Å². The minimum Gasteiger partial charge on any atom is -0.359 e. The maximum Gasteiger partial charge on any atom is 0.202 e. The van der Waals surface area contributed by atoms with Crippen LogP contribution in [-0.2, 0) is 6.54 Å². The van der Waals surface area contributed by atoms with Crippen LogP contribution in [-0.4, -0.2) is 34.6 Å². The predicted octanol–water partition coefficient (Wildman–Crippen LogP) is 2.76. The second-order valence-corrected chi connectivity index (χ2v) is 5.42. The van der Waals surface area contributed by atoms with Gasteiger partial charge in [-0.2, -0.15) is 0 Å². The van der Waals surface area contributed by atoms with Gasteiger partial charge in [0.05, 0.1) is 0 Å². The molecule has 2 heterocycles. The number of hydrogen-bond acceptors (Lipinski definition) is 3. The standard InChI is InChI=1S/C16H22N4/c1-17-16-18-9-11-20(16)15-8-5-10-19(13-15)12-14-6-3-2-4-7-14/h2-4,6-7,9,11,15H,5,8,10,12-13H2,1H3,(H,17,18). The Bertz CT molecular complexity index is 534. The summed E-state index contributed by atoms with van der Waals surface area (Å²) in [5.74, 6) is 0.969. The Hall–Kier alpha value is -1.81. The van der Waals surface area contributed by atoms with Crippen LogP contribution in [0, 0.1) is 0 Å². The molecule has 106 valence electrons. The van der Waals surface area contributed by atoms with Gasteiger partial charge in [0.15, 0.2) is 0 Å². The third-order valence-corrected chi connectivity index (χ3v) is 4.02. The Labute approximate surface area is 120 Å². The predicted molar refractivity (Wildman–Crippen MR) is 81.8 cm³/mol. The fourth-order valence-corrected chi connectivity index (χ4v) is 3.04. The molecular formula is C16H22N4. The van der Waals surface area contributed by atoms with Crippen molar-refractivity contribution in [3.8, 4) is 0 Å². The highest BCUT2D eigenvalue weighted by Crippen LogP contribution is 2.25. The number of nitrogens with zero attached hydrogens (tertiary/aromatic N) is 3. The lowest BCUT2D eigenvalue weighted by atomic mass is 10.0. The molecule has 1 fully saturated rings. The van der Waals surface area contributed by atoms with Gasteiger partial charge in [0.2, 0.25) is 5.95 Å². The highest BCUT2D eigenvalue weighted by Gasteiger charge is 2.22. The van der Waals surface area contributed by atoms with E-state index in [9.17, 15) is 0 Å². The number of rotatable bonds is 4. The van der Waals surface area contributed by atoms with Crippen LogP contribution in [0.3, 0.4) is 0 Å². The summed E-state index contributed by atoms with van der Waals surface area (Å²) in [5, 5.41) is 3.17. The van der Waals surface area contributed by atoms with Crippen molar-refractivity contribution >= 4 is 5.95 Å². The molecule has 20 heavy (non-hydrogen) atoms. The molecule has 0 bridgehead atoms. The second-order valence-electron chi connectivity index (χ2n) is 5.42. The van der Waals surface area contributed by atoms with Gasteiger partial charge in [0, 0.05) is 38.6 Å². The molecule has 0 radical (unpaired) electrons. The molecule has 1 aliphatic heterocycles. The summed E-state index contributed by atoms with van der Waals surface area (Å²) < 4.78 is 2.27. The first-order valence-corrected chi connectivity index (χ1v) is 7.33. The number of aromatic nitrogens is 2. The zero-order valence-electron chi connectivity index (χ0n) is 12.0. The van der Waals surface area contributed by atoms with Crippen LogP contribution in [0.15, 0.2) is 42.7 Å². The van der Waals surface area contributed by atoms with Crippen LogP contribution < -0.4 is 5.32 Å². The summed E-state index contributed by atoms with van der Waals surface area (Å²) in [4.78, 5) is 6.90. The van der Waals surface area contributed by atoms with Crippen LogP contribution >= 0.6 is 0 Å². The Morgan fingerprint density at radius 1 is 1.30 bits per heavy atom. The number of nitrogens with one attached hydrogen (secondary N) is 1. The fourth-order valence-electron chi connectivity index (χ4n) is 3.04. The third kappa shape index (κ3) is 2.85. The van der Waals surface area contributed by atoms with E-state index in [4.69, 9.17) is 0 Å². The smallest absolute Gasteiger partial charge is 0.202 e. The number of benzene rings is 1. The van der Waals surface area contributed by atoms with Gasteiger partial charge in [-0.15, -0.1) is 0 Å². The summed E-state index contributed by atoms with van der Waals surface area (Å²) in [5.41, 5.74) is 1.40. The minimum atomic E-state index is 0.525. The first-order chi connectivity index (χ1) is 9.86. The molecule has 1 atom stereocenters. The molecule has 4 heteroatoms. The highest BCUT2D eigenvalue weighted by atomic mass is 15.2. The topological polar surface area (TPSA) is 33.1 Å². The van der Waals surface area contributed by atoms with E-state index >= 15 is 0 Å². The second kappa shape index (κ2) is 6.09. The molecule has 0 amide bonds. The number of imidazole rings is 1. The Kier molecular flexibility index (Phi) is 4.02. The third-order valence-electron chi connectivity index (χ3n) is 4.02. The maximum atomic E-state index is 4.35. The molecule has 2 aromatic rings.